The number of nitrogens with one attached hydrogen (secondary N) is 1. The summed E-state index contributed by atoms with van der Waals surface area (Å²) < 4.78 is 0. The Morgan fingerprint density at radius 3 is 2.57 bits per heavy atom. The summed E-state index contributed by atoms with van der Waals surface area (Å²) in [6.45, 7) is 3.67. The lowest BCUT2D eigenvalue weighted by molar-refractivity contribution is -0.120. The van der Waals surface area contributed by atoms with Crippen molar-refractivity contribution in [2.75, 3.05) is 0 Å². The van der Waals surface area contributed by atoms with Gasteiger partial charge in [-0.25, -0.2) is 4.99 Å². The molecule has 4 aromatic rings. The summed E-state index contributed by atoms with van der Waals surface area (Å²) in [5.41, 5.74) is 13.0. The fourth-order valence-electron chi connectivity index (χ4n) is 4.60. The van der Waals surface area contributed by atoms with Crippen LogP contribution in [0, 0.1) is 0 Å². The van der Waals surface area contributed by atoms with Gasteiger partial charge in [0.25, 0.3) is 0 Å². The van der Waals surface area contributed by atoms with E-state index in [9.17, 15) is 4.79 Å². The topological polar surface area (TPSA) is 80.4 Å². The zero-order chi connectivity index (χ0) is 24.2. The van der Waals surface area contributed by atoms with E-state index in [2.05, 4.69) is 64.3 Å². The van der Waals surface area contributed by atoms with E-state index >= 15 is 0 Å². The van der Waals surface area contributed by atoms with Crippen LogP contribution in [0.25, 0.3) is 33.2 Å². The molecule has 5 nitrogen and oxygen atoms in total. The summed E-state index contributed by atoms with van der Waals surface area (Å²) in [6, 6.07) is 24.8. The van der Waals surface area contributed by atoms with Gasteiger partial charge in [0.2, 0.25) is 5.91 Å². The van der Waals surface area contributed by atoms with Crippen LogP contribution in [0.3, 0.4) is 0 Å². The summed E-state index contributed by atoms with van der Waals surface area (Å²) in [7, 11) is 0. The van der Waals surface area contributed by atoms with E-state index in [0.717, 1.165) is 51.0 Å². The Kier molecular flexibility index (Phi) is 6.22. The lowest BCUT2D eigenvalue weighted by Gasteiger charge is -2.16. The van der Waals surface area contributed by atoms with Gasteiger partial charge in [0.05, 0.1) is 11.6 Å². The molecule has 0 bridgehead atoms. The number of pyridine rings is 1. The third-order valence-corrected chi connectivity index (χ3v) is 6.16. The second-order valence-corrected chi connectivity index (χ2v) is 8.48. The summed E-state index contributed by atoms with van der Waals surface area (Å²) in [5, 5.41) is 4.29. The van der Waals surface area contributed by atoms with Crippen LogP contribution >= 0.6 is 0 Å². The van der Waals surface area contributed by atoms with Gasteiger partial charge in [-0.05, 0) is 39.9 Å². The number of hydrogen-bond donors (Lipinski definition) is 2. The predicted molar refractivity (Wildman–Crippen MR) is 143 cm³/mol. The maximum absolute atomic E-state index is 12.3. The van der Waals surface area contributed by atoms with E-state index in [1.807, 2.05) is 42.6 Å². The third-order valence-electron chi connectivity index (χ3n) is 6.16. The number of carbonyl (C=O) groups excluding carboxylic acids is 1. The summed E-state index contributed by atoms with van der Waals surface area (Å²) in [4.78, 5) is 20.7. The van der Waals surface area contributed by atoms with E-state index < -0.39 is 0 Å². The Hall–Kier alpha value is -4.51. The molecule has 3 aromatic carbocycles. The number of aliphatic imine (C=N–C) groups is 1. The predicted octanol–water partition coefficient (Wildman–Crippen LogP) is 5.92. The Morgan fingerprint density at radius 2 is 1.80 bits per heavy atom. The van der Waals surface area contributed by atoms with Crippen LogP contribution in [0.4, 0.5) is 0 Å². The van der Waals surface area contributed by atoms with E-state index in [-0.39, 0.29) is 11.9 Å². The second kappa shape index (κ2) is 9.77. The Bertz CT molecular complexity index is 1480. The lowest BCUT2D eigenvalue weighted by atomic mass is 9.94. The minimum Gasteiger partial charge on any atom is -0.387 e. The van der Waals surface area contributed by atoms with Crippen molar-refractivity contribution in [2.24, 2.45) is 10.7 Å². The van der Waals surface area contributed by atoms with Crippen molar-refractivity contribution in [2.45, 2.75) is 18.9 Å². The average molecular weight is 459 g/mol. The number of nitrogens with zero attached hydrogens (tertiary/aromatic N) is 2. The van der Waals surface area contributed by atoms with Crippen molar-refractivity contribution in [1.82, 2.24) is 10.3 Å². The third kappa shape index (κ3) is 4.49. The van der Waals surface area contributed by atoms with Crippen LogP contribution < -0.4 is 11.1 Å². The molecule has 35 heavy (non-hydrogen) atoms. The van der Waals surface area contributed by atoms with Gasteiger partial charge in [0, 0.05) is 36.2 Å². The van der Waals surface area contributed by atoms with Crippen molar-refractivity contribution in [3.05, 3.63) is 115 Å². The number of benzene rings is 3. The van der Waals surface area contributed by atoms with Crippen LogP contribution in [0.5, 0.6) is 0 Å². The van der Waals surface area contributed by atoms with Gasteiger partial charge in [-0.15, -0.1) is 6.58 Å². The first-order valence-corrected chi connectivity index (χ1v) is 11.6. The molecule has 0 fully saturated rings. The zero-order valence-electron chi connectivity index (χ0n) is 19.3. The first-order valence-electron chi connectivity index (χ1n) is 11.6. The normalized spacial score (nSPS) is 15.0. The number of amidine groups is 1. The smallest absolute Gasteiger partial charge is 0.224 e. The van der Waals surface area contributed by atoms with Crippen molar-refractivity contribution < 1.29 is 4.79 Å². The van der Waals surface area contributed by atoms with Gasteiger partial charge in [0.15, 0.2) is 0 Å². The molecular weight excluding hydrogens is 432 g/mol. The molecule has 1 aliphatic carbocycles. The van der Waals surface area contributed by atoms with Crippen LogP contribution in [0.2, 0.25) is 0 Å². The molecular formula is C30H26N4O. The number of carbonyl (C=O) groups is 1. The van der Waals surface area contributed by atoms with Crippen LogP contribution in [0.15, 0.2) is 109 Å². The first kappa shape index (κ1) is 22.3. The van der Waals surface area contributed by atoms with Gasteiger partial charge < -0.3 is 11.1 Å². The molecule has 0 saturated heterocycles. The molecule has 5 heteroatoms. The molecule has 1 aromatic heterocycles. The summed E-state index contributed by atoms with van der Waals surface area (Å²) in [6.07, 6.45) is 8.35. The fourth-order valence-corrected chi connectivity index (χ4v) is 4.60. The fraction of sp³-hybridized carbons (Fsp3) is 0.100. The van der Waals surface area contributed by atoms with Crippen molar-refractivity contribution >= 4 is 22.6 Å². The van der Waals surface area contributed by atoms with Crippen molar-refractivity contribution in [1.29, 1.82) is 0 Å². The SMILES string of the molecule is C=CCC(=O)NC1c2ccccc2-c2c(-c3cnc4ccccc4c3)cccc21.NC1=NC=CC1. The Labute approximate surface area is 204 Å². The number of para-hydroxylation sites is 1. The molecule has 0 saturated carbocycles. The number of nitrogens with two attached hydrogens (primary N) is 1. The molecule has 2 heterocycles. The number of hydrogen-bond acceptors (Lipinski definition) is 4. The average Bonchev–Trinajstić information content (AvgIpc) is 3.49. The minimum absolute atomic E-state index is 0.0228. The number of rotatable bonds is 4. The highest BCUT2D eigenvalue weighted by Gasteiger charge is 2.31. The van der Waals surface area contributed by atoms with Gasteiger partial charge in [-0.2, -0.15) is 0 Å². The number of aromatic nitrogens is 1. The Balaban J connectivity index is 0.000000371. The van der Waals surface area contributed by atoms with Gasteiger partial charge in [-0.1, -0.05) is 72.8 Å². The standard InChI is InChI=1S/C26H20N2O.C4H6N2/c1-2-8-24(29)28-26-21-11-5-4-10-20(21)25-19(12-7-13-22(25)26)18-15-17-9-3-6-14-23(17)27-16-18;5-4-2-1-3-6-4/h2-7,9-16,26H,1,8H2,(H,28,29);1,3H,2H2,(H2,5,6). The summed E-state index contributed by atoms with van der Waals surface area (Å²) in [5.74, 6) is 0.695. The minimum atomic E-state index is -0.151. The maximum Gasteiger partial charge on any atom is 0.224 e. The lowest BCUT2D eigenvalue weighted by Crippen LogP contribution is -2.27. The molecule has 1 amide bonds. The summed E-state index contributed by atoms with van der Waals surface area (Å²) >= 11 is 0. The number of fused-ring (bicyclic) bond motifs is 4. The van der Waals surface area contributed by atoms with E-state index in [1.165, 1.54) is 5.56 Å². The second-order valence-electron chi connectivity index (χ2n) is 8.48. The molecule has 1 aliphatic heterocycles. The molecule has 0 radical (unpaired) electrons. The highest BCUT2D eigenvalue weighted by molar-refractivity contribution is 5.94. The van der Waals surface area contributed by atoms with E-state index in [4.69, 9.17) is 5.73 Å². The molecule has 172 valence electrons. The van der Waals surface area contributed by atoms with Gasteiger partial charge >= 0.3 is 0 Å². The van der Waals surface area contributed by atoms with Crippen LogP contribution in [-0.4, -0.2) is 16.7 Å². The largest absolute Gasteiger partial charge is 0.387 e. The zero-order valence-corrected chi connectivity index (χ0v) is 19.3. The molecule has 2 aliphatic rings. The molecule has 3 N–H and O–H groups in total. The Morgan fingerprint density at radius 1 is 1.03 bits per heavy atom. The van der Waals surface area contributed by atoms with Crippen molar-refractivity contribution in [3.8, 4) is 22.3 Å². The molecule has 0 spiro atoms. The van der Waals surface area contributed by atoms with E-state index in [0.29, 0.717) is 6.42 Å². The maximum atomic E-state index is 12.3. The van der Waals surface area contributed by atoms with Gasteiger partial charge in [-0.3, -0.25) is 9.78 Å². The highest BCUT2D eigenvalue weighted by atomic mass is 16.1. The first-order chi connectivity index (χ1) is 17.2. The van der Waals surface area contributed by atoms with Crippen LogP contribution in [-0.2, 0) is 4.79 Å². The van der Waals surface area contributed by atoms with Gasteiger partial charge in [0.1, 0.15) is 5.84 Å². The van der Waals surface area contributed by atoms with Crippen molar-refractivity contribution in [3.63, 3.8) is 0 Å². The molecule has 6 rings (SSSR count). The van der Waals surface area contributed by atoms with E-state index in [1.54, 1.807) is 12.3 Å². The van der Waals surface area contributed by atoms with Crippen LogP contribution in [0.1, 0.15) is 30.0 Å². The quantitative estimate of drug-likeness (QED) is 0.372. The highest BCUT2D eigenvalue weighted by Crippen LogP contribution is 2.48. The number of amides is 1. The monoisotopic (exact) mass is 458 g/mol. The molecule has 1 atom stereocenters. The molecule has 1 unspecified atom stereocenters.